The first-order valence-electron chi connectivity index (χ1n) is 11.0. The molecule has 0 spiro atoms. The molecule has 0 saturated heterocycles. The summed E-state index contributed by atoms with van der Waals surface area (Å²) in [7, 11) is 0. The molecule has 0 atom stereocenters. The average Bonchev–Trinajstić information content (AvgIpc) is 2.87. The lowest BCUT2D eigenvalue weighted by Gasteiger charge is -2.10. The van der Waals surface area contributed by atoms with Crippen molar-refractivity contribution in [1.29, 1.82) is 0 Å². The SMILES string of the molecule is Clc1ccccc1.O=C(O)CCNC(=O)CNC(=O)c1cccc(NC(=O)NCc2ccccc2)c1. The third kappa shape index (κ3) is 11.7. The van der Waals surface area contributed by atoms with Crippen molar-refractivity contribution >= 4 is 41.1 Å². The third-order valence-electron chi connectivity index (χ3n) is 4.48. The lowest BCUT2D eigenvalue weighted by Crippen LogP contribution is -2.37. The highest BCUT2D eigenvalue weighted by Gasteiger charge is 2.10. The Morgan fingerprint density at radius 2 is 1.44 bits per heavy atom. The molecular formula is C26H27ClN4O5. The number of anilines is 1. The molecule has 9 nitrogen and oxygen atoms in total. The van der Waals surface area contributed by atoms with Crippen molar-refractivity contribution in [2.45, 2.75) is 13.0 Å². The molecule has 0 aliphatic carbocycles. The number of carboxylic acids is 1. The number of urea groups is 1. The Bertz CT molecular complexity index is 1140. The largest absolute Gasteiger partial charge is 0.481 e. The Labute approximate surface area is 213 Å². The van der Waals surface area contributed by atoms with Gasteiger partial charge in [-0.3, -0.25) is 14.4 Å². The molecule has 0 fully saturated rings. The van der Waals surface area contributed by atoms with E-state index < -0.39 is 23.8 Å². The third-order valence-corrected chi connectivity index (χ3v) is 4.73. The van der Waals surface area contributed by atoms with Gasteiger partial charge in [0.25, 0.3) is 5.91 Å². The van der Waals surface area contributed by atoms with E-state index in [-0.39, 0.29) is 25.1 Å². The van der Waals surface area contributed by atoms with Crippen LogP contribution in [-0.2, 0) is 16.1 Å². The van der Waals surface area contributed by atoms with Gasteiger partial charge in [0.1, 0.15) is 0 Å². The van der Waals surface area contributed by atoms with E-state index in [1.54, 1.807) is 18.2 Å². The fourth-order valence-electron chi connectivity index (χ4n) is 2.74. The second kappa shape index (κ2) is 15.5. The first-order valence-corrected chi connectivity index (χ1v) is 11.4. The van der Waals surface area contributed by atoms with E-state index in [4.69, 9.17) is 16.7 Å². The number of aliphatic carboxylic acids is 1. The quantitative estimate of drug-likeness (QED) is 0.299. The van der Waals surface area contributed by atoms with Gasteiger partial charge in [-0.15, -0.1) is 0 Å². The topological polar surface area (TPSA) is 137 Å². The number of amides is 4. The van der Waals surface area contributed by atoms with Gasteiger partial charge < -0.3 is 26.4 Å². The lowest BCUT2D eigenvalue weighted by atomic mass is 10.2. The monoisotopic (exact) mass is 510 g/mol. The van der Waals surface area contributed by atoms with Crippen LogP contribution in [-0.4, -0.2) is 42.0 Å². The Morgan fingerprint density at radius 1 is 0.778 bits per heavy atom. The van der Waals surface area contributed by atoms with E-state index in [2.05, 4.69) is 21.3 Å². The molecule has 10 heteroatoms. The lowest BCUT2D eigenvalue weighted by molar-refractivity contribution is -0.136. The highest BCUT2D eigenvalue weighted by atomic mass is 35.5. The van der Waals surface area contributed by atoms with Crippen LogP contribution in [0, 0.1) is 0 Å². The van der Waals surface area contributed by atoms with Gasteiger partial charge in [-0.2, -0.15) is 0 Å². The number of benzene rings is 3. The van der Waals surface area contributed by atoms with Crippen LogP contribution in [0.25, 0.3) is 0 Å². The minimum absolute atomic E-state index is 0.0124. The standard InChI is InChI=1S/C20H22N4O5.C6H5Cl/c25-17(21-10-9-18(26)27)13-22-19(28)15-7-4-8-16(11-15)24-20(29)23-12-14-5-2-1-3-6-14;7-6-4-2-1-3-5-6/h1-8,11H,9-10,12-13H2,(H,21,25)(H,22,28)(H,26,27)(H2,23,24,29);1-5H. The molecule has 0 aromatic heterocycles. The molecule has 3 rings (SSSR count). The number of hydrogen-bond acceptors (Lipinski definition) is 4. The van der Waals surface area contributed by atoms with Crippen LogP contribution in [0.3, 0.4) is 0 Å². The van der Waals surface area contributed by atoms with Crippen molar-refractivity contribution in [3.63, 3.8) is 0 Å². The maximum Gasteiger partial charge on any atom is 0.319 e. The van der Waals surface area contributed by atoms with E-state index in [1.807, 2.05) is 60.7 Å². The molecule has 188 valence electrons. The molecule has 36 heavy (non-hydrogen) atoms. The van der Waals surface area contributed by atoms with Crippen molar-refractivity contribution in [3.8, 4) is 0 Å². The Morgan fingerprint density at radius 3 is 2.06 bits per heavy atom. The molecule has 0 bridgehead atoms. The molecular weight excluding hydrogens is 484 g/mol. The van der Waals surface area contributed by atoms with E-state index in [1.165, 1.54) is 6.07 Å². The Hall–Kier alpha value is -4.37. The minimum Gasteiger partial charge on any atom is -0.481 e. The molecule has 0 heterocycles. The second-order valence-electron chi connectivity index (χ2n) is 7.35. The van der Waals surface area contributed by atoms with Crippen molar-refractivity contribution < 1.29 is 24.3 Å². The summed E-state index contributed by atoms with van der Waals surface area (Å²) in [5.41, 5.74) is 1.65. The molecule has 0 unspecified atom stereocenters. The number of carbonyl (C=O) groups is 4. The number of carboxylic acid groups (broad SMARTS) is 1. The Kier molecular flexibility index (Phi) is 12.0. The van der Waals surface area contributed by atoms with E-state index >= 15 is 0 Å². The van der Waals surface area contributed by atoms with Crippen LogP contribution in [0.2, 0.25) is 5.02 Å². The summed E-state index contributed by atoms with van der Waals surface area (Å²) >= 11 is 5.54. The highest BCUT2D eigenvalue weighted by molar-refractivity contribution is 6.30. The molecule has 4 amide bonds. The van der Waals surface area contributed by atoms with Gasteiger partial charge in [0.05, 0.1) is 13.0 Å². The summed E-state index contributed by atoms with van der Waals surface area (Å²) in [6.07, 6.45) is -0.195. The summed E-state index contributed by atoms with van der Waals surface area (Å²) in [4.78, 5) is 46.2. The van der Waals surface area contributed by atoms with Crippen LogP contribution < -0.4 is 21.3 Å². The van der Waals surface area contributed by atoms with Crippen molar-refractivity contribution in [2.75, 3.05) is 18.4 Å². The van der Waals surface area contributed by atoms with E-state index in [0.29, 0.717) is 12.2 Å². The number of nitrogens with one attached hydrogen (secondary N) is 4. The fraction of sp³-hybridized carbons (Fsp3) is 0.154. The van der Waals surface area contributed by atoms with Crippen LogP contribution in [0.5, 0.6) is 0 Å². The smallest absolute Gasteiger partial charge is 0.319 e. The predicted octanol–water partition coefficient (Wildman–Crippen LogP) is 3.67. The summed E-state index contributed by atoms with van der Waals surface area (Å²) in [6.45, 7) is 0.0685. The average molecular weight is 511 g/mol. The number of halogens is 1. The van der Waals surface area contributed by atoms with E-state index in [9.17, 15) is 19.2 Å². The van der Waals surface area contributed by atoms with E-state index in [0.717, 1.165) is 10.6 Å². The summed E-state index contributed by atoms with van der Waals surface area (Å²) in [6, 6.07) is 24.7. The zero-order valence-electron chi connectivity index (χ0n) is 19.4. The zero-order valence-corrected chi connectivity index (χ0v) is 20.1. The molecule has 0 radical (unpaired) electrons. The molecule has 0 aliphatic rings. The number of hydrogen-bond donors (Lipinski definition) is 5. The number of carbonyl (C=O) groups excluding carboxylic acids is 3. The second-order valence-corrected chi connectivity index (χ2v) is 7.78. The van der Waals surface area contributed by atoms with Crippen LogP contribution >= 0.6 is 11.6 Å². The van der Waals surface area contributed by atoms with Crippen molar-refractivity contribution in [3.05, 3.63) is 101 Å². The molecule has 5 N–H and O–H groups in total. The summed E-state index contributed by atoms with van der Waals surface area (Å²) < 4.78 is 0. The van der Waals surface area contributed by atoms with Crippen LogP contribution in [0.4, 0.5) is 10.5 Å². The van der Waals surface area contributed by atoms with Crippen molar-refractivity contribution in [1.82, 2.24) is 16.0 Å². The van der Waals surface area contributed by atoms with Gasteiger partial charge in [0.15, 0.2) is 0 Å². The highest BCUT2D eigenvalue weighted by Crippen LogP contribution is 2.10. The predicted molar refractivity (Wildman–Crippen MR) is 138 cm³/mol. The van der Waals surface area contributed by atoms with Gasteiger partial charge in [-0.25, -0.2) is 4.79 Å². The summed E-state index contributed by atoms with van der Waals surface area (Å²) in [5, 5.41) is 19.5. The van der Waals surface area contributed by atoms with Gasteiger partial charge in [-0.1, -0.05) is 66.2 Å². The maximum absolute atomic E-state index is 12.2. The zero-order chi connectivity index (χ0) is 26.2. The van der Waals surface area contributed by atoms with Gasteiger partial charge in [0.2, 0.25) is 5.91 Å². The normalized spacial score (nSPS) is 9.69. The minimum atomic E-state index is -1.02. The first-order chi connectivity index (χ1) is 17.3. The molecule has 0 saturated carbocycles. The van der Waals surface area contributed by atoms with Crippen molar-refractivity contribution in [2.24, 2.45) is 0 Å². The van der Waals surface area contributed by atoms with Gasteiger partial charge in [0, 0.05) is 29.4 Å². The fourth-order valence-corrected chi connectivity index (χ4v) is 2.89. The Balaban J connectivity index is 0.000000558. The van der Waals surface area contributed by atoms with Crippen LogP contribution in [0.1, 0.15) is 22.3 Å². The molecule has 0 aliphatic heterocycles. The maximum atomic E-state index is 12.2. The molecule has 3 aromatic carbocycles. The number of rotatable bonds is 9. The van der Waals surface area contributed by atoms with Gasteiger partial charge in [-0.05, 0) is 35.9 Å². The van der Waals surface area contributed by atoms with Gasteiger partial charge >= 0.3 is 12.0 Å². The summed E-state index contributed by atoms with van der Waals surface area (Å²) in [5.74, 6) is -2.01. The first kappa shape index (κ1) is 27.9. The van der Waals surface area contributed by atoms with Crippen LogP contribution in [0.15, 0.2) is 84.9 Å². The molecule has 3 aromatic rings.